The van der Waals surface area contributed by atoms with Crippen molar-refractivity contribution in [1.29, 1.82) is 0 Å². The predicted octanol–water partition coefficient (Wildman–Crippen LogP) is -2.58. The molecule has 0 bridgehead atoms. The zero-order chi connectivity index (χ0) is 23.9. The molecule has 0 saturated heterocycles. The molecule has 0 radical (unpaired) electrons. The highest BCUT2D eigenvalue weighted by Crippen LogP contribution is 2.58. The van der Waals surface area contributed by atoms with Crippen LogP contribution in [0.3, 0.4) is 0 Å². The van der Waals surface area contributed by atoms with Gasteiger partial charge >= 0.3 is 0 Å². The molecule has 4 aliphatic carbocycles. The van der Waals surface area contributed by atoms with E-state index in [1.807, 2.05) is 0 Å². The number of aliphatic hydroxyl groups excluding tert-OH is 3. The lowest BCUT2D eigenvalue weighted by atomic mass is 9.45. The lowest BCUT2D eigenvalue weighted by Crippen LogP contribution is -2.78. The van der Waals surface area contributed by atoms with E-state index in [4.69, 9.17) is 5.73 Å². The smallest absolute Gasteiger partial charge is 0.230 e. The third-order valence-corrected chi connectivity index (χ3v) is 9.00. The molecule has 0 aromatic carbocycles. The van der Waals surface area contributed by atoms with Gasteiger partial charge in [-0.3, -0.25) is 14.4 Å². The molecule has 0 spiro atoms. The fraction of sp³-hybridized carbons (Fsp3) is 0.864. The van der Waals surface area contributed by atoms with Crippen molar-refractivity contribution in [3.05, 3.63) is 0 Å². The van der Waals surface area contributed by atoms with Crippen molar-refractivity contribution >= 4 is 17.5 Å². The Bertz CT molecular complexity index is 831. The van der Waals surface area contributed by atoms with Crippen LogP contribution in [-0.4, -0.2) is 97.6 Å². The molecule has 12 unspecified atom stereocenters. The number of primary amides is 1. The Labute approximate surface area is 186 Å². The SMILES string of the molecule is CN(C)C1C(O)C(C(N)=O)C(=O)C2(O)C(O)C3C(=O)C4C(O)CCCC4C(C)(O)C3CC12. The minimum absolute atomic E-state index is 0.0204. The topological polar surface area (TPSA) is 182 Å². The summed E-state index contributed by atoms with van der Waals surface area (Å²) < 4.78 is 0. The molecular formula is C22H34N2O8. The first kappa shape index (κ1) is 23.7. The Kier molecular flexibility index (Phi) is 5.59. The molecule has 1 amide bonds. The normalized spacial score (nSPS) is 53.4. The van der Waals surface area contributed by atoms with Crippen LogP contribution in [0.4, 0.5) is 0 Å². The zero-order valence-electron chi connectivity index (χ0n) is 18.6. The molecule has 4 aliphatic rings. The van der Waals surface area contributed by atoms with E-state index < -0.39 is 88.5 Å². The number of nitrogens with zero attached hydrogens (tertiary/aromatic N) is 1. The standard InChI is InChI=1S/C22H34N2O8/c1-21(31)8-5-4-6-11(25)12(8)16(26)13-9(21)7-10-15(24(2)3)17(27)14(20(23)30)19(29)22(10,32)18(13)28/h8-15,17-18,25,27-28,31-32H,4-7H2,1-3H3,(H2,23,30). The summed E-state index contributed by atoms with van der Waals surface area (Å²) >= 11 is 0. The van der Waals surface area contributed by atoms with Crippen molar-refractivity contribution in [2.24, 2.45) is 41.2 Å². The highest BCUT2D eigenvalue weighted by atomic mass is 16.4. The van der Waals surface area contributed by atoms with Crippen LogP contribution in [0.5, 0.6) is 0 Å². The first-order valence-electron chi connectivity index (χ1n) is 11.3. The van der Waals surface area contributed by atoms with Gasteiger partial charge in [0.05, 0.1) is 23.7 Å². The lowest BCUT2D eigenvalue weighted by molar-refractivity contribution is -0.251. The number of carbonyl (C=O) groups excluding carboxylic acids is 3. The summed E-state index contributed by atoms with van der Waals surface area (Å²) in [6, 6.07) is -0.925. The second kappa shape index (κ2) is 7.54. The number of likely N-dealkylation sites (N-methyl/N-ethyl adjacent to an activating group) is 1. The van der Waals surface area contributed by atoms with Gasteiger partial charge in [-0.2, -0.15) is 0 Å². The second-order valence-electron chi connectivity index (χ2n) is 10.7. The van der Waals surface area contributed by atoms with Gasteiger partial charge < -0.3 is 36.2 Å². The summed E-state index contributed by atoms with van der Waals surface area (Å²) in [7, 11) is 3.22. The van der Waals surface area contributed by atoms with E-state index in [1.54, 1.807) is 25.9 Å². The number of hydrogen-bond donors (Lipinski definition) is 6. The average Bonchev–Trinajstić information content (AvgIpc) is 2.68. The molecule has 12 atom stereocenters. The Morgan fingerprint density at radius 1 is 1.03 bits per heavy atom. The molecular weight excluding hydrogens is 420 g/mol. The number of rotatable bonds is 2. The molecule has 7 N–H and O–H groups in total. The second-order valence-corrected chi connectivity index (χ2v) is 10.7. The lowest BCUT2D eigenvalue weighted by Gasteiger charge is -2.63. The maximum absolute atomic E-state index is 13.5. The van der Waals surface area contributed by atoms with Crippen molar-refractivity contribution in [2.45, 2.75) is 68.2 Å². The van der Waals surface area contributed by atoms with E-state index in [2.05, 4.69) is 0 Å². The average molecular weight is 455 g/mol. The first-order valence-corrected chi connectivity index (χ1v) is 11.3. The number of aliphatic hydroxyl groups is 5. The summed E-state index contributed by atoms with van der Waals surface area (Å²) in [4.78, 5) is 40.4. The Morgan fingerprint density at radius 2 is 1.66 bits per heavy atom. The summed E-state index contributed by atoms with van der Waals surface area (Å²) in [5.41, 5.74) is 1.42. The van der Waals surface area contributed by atoms with Crippen LogP contribution in [-0.2, 0) is 14.4 Å². The van der Waals surface area contributed by atoms with Gasteiger partial charge in [-0.1, -0.05) is 6.42 Å². The molecule has 4 fully saturated rings. The third kappa shape index (κ3) is 2.90. The molecule has 4 saturated carbocycles. The summed E-state index contributed by atoms with van der Waals surface area (Å²) in [5, 5.41) is 56.0. The molecule has 0 aromatic heterocycles. The molecule has 4 rings (SSSR count). The number of hydrogen-bond acceptors (Lipinski definition) is 9. The minimum atomic E-state index is -2.51. The van der Waals surface area contributed by atoms with E-state index in [-0.39, 0.29) is 6.42 Å². The molecule has 10 heteroatoms. The van der Waals surface area contributed by atoms with E-state index >= 15 is 0 Å². The van der Waals surface area contributed by atoms with Crippen LogP contribution < -0.4 is 5.73 Å². The van der Waals surface area contributed by atoms with Gasteiger partial charge in [0.2, 0.25) is 5.91 Å². The number of amides is 1. The van der Waals surface area contributed by atoms with Gasteiger partial charge in [-0.05, 0) is 46.2 Å². The Morgan fingerprint density at radius 3 is 2.22 bits per heavy atom. The third-order valence-electron chi connectivity index (χ3n) is 9.00. The van der Waals surface area contributed by atoms with Crippen LogP contribution >= 0.6 is 0 Å². The number of carbonyl (C=O) groups is 3. The van der Waals surface area contributed by atoms with Gasteiger partial charge in [0, 0.05) is 23.8 Å². The Balaban J connectivity index is 1.85. The van der Waals surface area contributed by atoms with Gasteiger partial charge in [0.15, 0.2) is 11.4 Å². The minimum Gasteiger partial charge on any atom is -0.392 e. The molecule has 180 valence electrons. The molecule has 0 heterocycles. The summed E-state index contributed by atoms with van der Waals surface area (Å²) in [5.74, 6) is -9.02. The predicted molar refractivity (Wildman–Crippen MR) is 110 cm³/mol. The summed E-state index contributed by atoms with van der Waals surface area (Å²) in [6.45, 7) is 1.59. The van der Waals surface area contributed by atoms with Crippen molar-refractivity contribution in [1.82, 2.24) is 4.90 Å². The van der Waals surface area contributed by atoms with Crippen LogP contribution in [0.2, 0.25) is 0 Å². The zero-order valence-corrected chi connectivity index (χ0v) is 18.6. The van der Waals surface area contributed by atoms with Gasteiger partial charge in [0.1, 0.15) is 17.8 Å². The fourth-order valence-electron chi connectivity index (χ4n) is 7.51. The highest BCUT2D eigenvalue weighted by molar-refractivity contribution is 6.07. The van der Waals surface area contributed by atoms with Crippen molar-refractivity contribution in [3.8, 4) is 0 Å². The van der Waals surface area contributed by atoms with Gasteiger partial charge in [-0.25, -0.2) is 0 Å². The number of Topliss-reactive ketones (excluding diaryl/α,β-unsaturated/α-hetero) is 2. The van der Waals surface area contributed by atoms with Crippen LogP contribution in [0.25, 0.3) is 0 Å². The summed E-state index contributed by atoms with van der Waals surface area (Å²) in [6.07, 6.45) is -2.85. The van der Waals surface area contributed by atoms with Crippen LogP contribution in [0, 0.1) is 35.5 Å². The van der Waals surface area contributed by atoms with E-state index in [0.29, 0.717) is 19.3 Å². The van der Waals surface area contributed by atoms with E-state index in [9.17, 15) is 39.9 Å². The van der Waals surface area contributed by atoms with Gasteiger partial charge in [-0.15, -0.1) is 0 Å². The van der Waals surface area contributed by atoms with Crippen LogP contribution in [0.15, 0.2) is 0 Å². The number of nitrogens with two attached hydrogens (primary N) is 1. The van der Waals surface area contributed by atoms with Gasteiger partial charge in [0.25, 0.3) is 0 Å². The largest absolute Gasteiger partial charge is 0.392 e. The monoisotopic (exact) mass is 454 g/mol. The van der Waals surface area contributed by atoms with Crippen LogP contribution in [0.1, 0.15) is 32.6 Å². The molecule has 0 aliphatic heterocycles. The maximum atomic E-state index is 13.5. The molecule has 32 heavy (non-hydrogen) atoms. The molecule has 10 nitrogen and oxygen atoms in total. The quantitative estimate of drug-likeness (QED) is 0.244. The van der Waals surface area contributed by atoms with E-state index in [1.165, 1.54) is 0 Å². The number of fused-ring (bicyclic) bond motifs is 3. The molecule has 0 aromatic rings. The highest BCUT2D eigenvalue weighted by Gasteiger charge is 2.72. The van der Waals surface area contributed by atoms with Crippen molar-refractivity contribution in [2.75, 3.05) is 14.1 Å². The van der Waals surface area contributed by atoms with Crippen molar-refractivity contribution < 1.29 is 39.9 Å². The Hall–Kier alpha value is -1.43. The number of ketones is 2. The first-order chi connectivity index (χ1) is 14.8. The van der Waals surface area contributed by atoms with Crippen molar-refractivity contribution in [3.63, 3.8) is 0 Å². The fourth-order valence-corrected chi connectivity index (χ4v) is 7.51. The van der Waals surface area contributed by atoms with E-state index in [0.717, 1.165) is 0 Å². The maximum Gasteiger partial charge on any atom is 0.230 e.